The number of rotatable bonds is 6. The number of hydrogen-bond donors (Lipinski definition) is 1. The Morgan fingerprint density at radius 3 is 3.11 bits per heavy atom. The molecule has 1 aliphatic rings. The van der Waals surface area contributed by atoms with Crippen molar-refractivity contribution in [3.05, 3.63) is 28.2 Å². The van der Waals surface area contributed by atoms with Gasteiger partial charge in [-0.25, -0.2) is 0 Å². The molecule has 0 saturated carbocycles. The van der Waals surface area contributed by atoms with Crippen LogP contribution in [0.1, 0.15) is 18.0 Å². The molecule has 1 aromatic rings. The molecule has 0 saturated heterocycles. The van der Waals surface area contributed by atoms with Gasteiger partial charge >= 0.3 is 0 Å². The van der Waals surface area contributed by atoms with Gasteiger partial charge in [-0.15, -0.1) is 11.8 Å². The second-order valence-electron chi connectivity index (χ2n) is 4.65. The summed E-state index contributed by atoms with van der Waals surface area (Å²) in [5.41, 5.74) is 1.41. The zero-order valence-corrected chi connectivity index (χ0v) is 13.5. The summed E-state index contributed by atoms with van der Waals surface area (Å²) in [6.45, 7) is 2.08. The summed E-state index contributed by atoms with van der Waals surface area (Å²) >= 11 is 5.50. The fraction of sp³-hybridized carbons (Fsp3) is 0.571. The van der Waals surface area contributed by atoms with Crippen molar-refractivity contribution >= 4 is 27.7 Å². The van der Waals surface area contributed by atoms with Crippen LogP contribution in [0.15, 0.2) is 27.6 Å². The first-order chi connectivity index (χ1) is 9.22. The lowest BCUT2D eigenvalue weighted by Gasteiger charge is -2.33. The Kier molecular flexibility index (Phi) is 6.16. The van der Waals surface area contributed by atoms with E-state index in [2.05, 4.69) is 46.1 Å². The molecule has 1 aromatic carbocycles. The zero-order chi connectivity index (χ0) is 13.7. The number of halogens is 1. The van der Waals surface area contributed by atoms with Gasteiger partial charge in [0.05, 0.1) is 19.8 Å². The lowest BCUT2D eigenvalue weighted by atomic mass is 10.0. The van der Waals surface area contributed by atoms with Gasteiger partial charge < -0.3 is 9.84 Å². The van der Waals surface area contributed by atoms with Gasteiger partial charge in [0.15, 0.2) is 0 Å². The largest absolute Gasteiger partial charge is 0.394 e. The van der Waals surface area contributed by atoms with Crippen molar-refractivity contribution in [2.45, 2.75) is 17.4 Å². The minimum absolute atomic E-state index is 0.0968. The molecule has 1 heterocycles. The average molecular weight is 346 g/mol. The fourth-order valence-electron chi connectivity index (χ4n) is 2.34. The third-order valence-electron chi connectivity index (χ3n) is 3.34. The summed E-state index contributed by atoms with van der Waals surface area (Å²) in [7, 11) is 2.15. The Bertz CT molecular complexity index is 416. The SMILES string of the molecule is CN(CCOCCO)C1CCSc2ccc(Br)cc21. The summed E-state index contributed by atoms with van der Waals surface area (Å²) in [4.78, 5) is 3.74. The maximum atomic E-state index is 8.69. The van der Waals surface area contributed by atoms with E-state index in [9.17, 15) is 0 Å². The van der Waals surface area contributed by atoms with Crippen LogP contribution < -0.4 is 0 Å². The zero-order valence-electron chi connectivity index (χ0n) is 11.1. The summed E-state index contributed by atoms with van der Waals surface area (Å²) in [5, 5.41) is 8.69. The molecule has 106 valence electrons. The van der Waals surface area contributed by atoms with Crippen LogP contribution in [0.5, 0.6) is 0 Å². The van der Waals surface area contributed by atoms with Crippen LogP contribution in [0, 0.1) is 0 Å². The molecule has 3 nitrogen and oxygen atoms in total. The topological polar surface area (TPSA) is 32.7 Å². The molecule has 0 bridgehead atoms. The van der Waals surface area contributed by atoms with E-state index < -0.39 is 0 Å². The van der Waals surface area contributed by atoms with Crippen molar-refractivity contribution in [1.82, 2.24) is 4.90 Å². The quantitative estimate of drug-likeness (QED) is 0.803. The number of ether oxygens (including phenoxy) is 1. The van der Waals surface area contributed by atoms with Crippen LogP contribution in [0.2, 0.25) is 0 Å². The summed E-state index contributed by atoms with van der Waals surface area (Å²) in [6.07, 6.45) is 1.17. The number of fused-ring (bicyclic) bond motifs is 1. The minimum Gasteiger partial charge on any atom is -0.394 e. The highest BCUT2D eigenvalue weighted by atomic mass is 79.9. The van der Waals surface area contributed by atoms with E-state index in [1.54, 1.807) is 0 Å². The number of likely N-dealkylation sites (N-methyl/N-ethyl adjacent to an activating group) is 1. The molecule has 1 atom stereocenters. The van der Waals surface area contributed by atoms with Gasteiger partial charge in [0.1, 0.15) is 0 Å². The van der Waals surface area contributed by atoms with Crippen LogP contribution in [0.3, 0.4) is 0 Å². The molecule has 0 amide bonds. The number of aliphatic hydroxyl groups excluding tert-OH is 1. The predicted octanol–water partition coefficient (Wildman–Crippen LogP) is 2.93. The van der Waals surface area contributed by atoms with Crippen molar-refractivity contribution in [3.8, 4) is 0 Å². The van der Waals surface area contributed by atoms with Crippen molar-refractivity contribution in [3.63, 3.8) is 0 Å². The van der Waals surface area contributed by atoms with E-state index in [1.165, 1.54) is 22.6 Å². The molecular formula is C14H20BrNO2S. The second kappa shape index (κ2) is 7.64. The van der Waals surface area contributed by atoms with E-state index >= 15 is 0 Å². The summed E-state index contributed by atoms with van der Waals surface area (Å²) in [5.74, 6) is 1.17. The minimum atomic E-state index is 0.0968. The van der Waals surface area contributed by atoms with Gasteiger partial charge in [-0.3, -0.25) is 4.90 Å². The highest BCUT2D eigenvalue weighted by Gasteiger charge is 2.24. The van der Waals surface area contributed by atoms with Crippen molar-refractivity contribution in [2.75, 3.05) is 39.2 Å². The Morgan fingerprint density at radius 1 is 1.47 bits per heavy atom. The summed E-state index contributed by atoms with van der Waals surface area (Å²) in [6, 6.07) is 7.01. The number of thioether (sulfide) groups is 1. The molecule has 5 heteroatoms. The van der Waals surface area contributed by atoms with Crippen LogP contribution in [-0.4, -0.2) is 49.2 Å². The number of nitrogens with zero attached hydrogens (tertiary/aromatic N) is 1. The molecule has 19 heavy (non-hydrogen) atoms. The average Bonchev–Trinajstić information content (AvgIpc) is 2.42. The van der Waals surface area contributed by atoms with Crippen molar-refractivity contribution in [2.24, 2.45) is 0 Å². The van der Waals surface area contributed by atoms with Crippen LogP contribution >= 0.6 is 27.7 Å². The van der Waals surface area contributed by atoms with E-state index in [4.69, 9.17) is 9.84 Å². The molecular weight excluding hydrogens is 326 g/mol. The first-order valence-electron chi connectivity index (χ1n) is 6.53. The fourth-order valence-corrected chi connectivity index (χ4v) is 3.80. The lowest BCUT2D eigenvalue weighted by molar-refractivity contribution is 0.0694. The number of hydrogen-bond acceptors (Lipinski definition) is 4. The molecule has 0 aliphatic carbocycles. The molecule has 1 aliphatic heterocycles. The maximum Gasteiger partial charge on any atom is 0.0698 e. The Balaban J connectivity index is 1.99. The van der Waals surface area contributed by atoms with Gasteiger partial charge in [-0.1, -0.05) is 15.9 Å². The molecule has 0 fully saturated rings. The van der Waals surface area contributed by atoms with Gasteiger partial charge in [0.2, 0.25) is 0 Å². The monoisotopic (exact) mass is 345 g/mol. The van der Waals surface area contributed by atoms with Crippen molar-refractivity contribution in [1.29, 1.82) is 0 Å². The van der Waals surface area contributed by atoms with E-state index in [-0.39, 0.29) is 6.61 Å². The van der Waals surface area contributed by atoms with Crippen molar-refractivity contribution < 1.29 is 9.84 Å². The Hall–Kier alpha value is -0.0700. The highest BCUT2D eigenvalue weighted by Crippen LogP contribution is 2.39. The van der Waals surface area contributed by atoms with E-state index in [1.807, 2.05) is 11.8 Å². The predicted molar refractivity (Wildman–Crippen MR) is 82.8 cm³/mol. The smallest absolute Gasteiger partial charge is 0.0698 e. The third kappa shape index (κ3) is 4.20. The standard InChI is InChI=1S/C14H20BrNO2S/c1-16(5-7-18-8-6-17)13-4-9-19-14-3-2-11(15)10-12(13)14/h2-3,10,13,17H,4-9H2,1H3. The van der Waals surface area contributed by atoms with E-state index in [0.717, 1.165) is 11.0 Å². The molecule has 1 N–H and O–H groups in total. The van der Waals surface area contributed by atoms with E-state index in [0.29, 0.717) is 19.3 Å². The lowest BCUT2D eigenvalue weighted by Crippen LogP contribution is -2.30. The van der Waals surface area contributed by atoms with Gasteiger partial charge in [-0.05, 0) is 43.0 Å². The Labute approximate surface area is 127 Å². The van der Waals surface area contributed by atoms with Crippen LogP contribution in [0.25, 0.3) is 0 Å². The third-order valence-corrected chi connectivity index (χ3v) is 4.95. The van der Waals surface area contributed by atoms with Crippen LogP contribution in [-0.2, 0) is 4.74 Å². The summed E-state index contributed by atoms with van der Waals surface area (Å²) < 4.78 is 6.49. The number of benzene rings is 1. The van der Waals surface area contributed by atoms with Crippen LogP contribution in [0.4, 0.5) is 0 Å². The molecule has 2 rings (SSSR count). The number of aliphatic hydroxyl groups is 1. The van der Waals surface area contributed by atoms with Gasteiger partial charge in [-0.2, -0.15) is 0 Å². The highest BCUT2D eigenvalue weighted by molar-refractivity contribution is 9.10. The molecule has 0 spiro atoms. The maximum absolute atomic E-state index is 8.69. The molecule has 1 unspecified atom stereocenters. The van der Waals surface area contributed by atoms with Gasteiger partial charge in [0, 0.05) is 22.0 Å². The normalized spacial score (nSPS) is 18.6. The first kappa shape index (κ1) is 15.3. The second-order valence-corrected chi connectivity index (χ2v) is 6.70. The first-order valence-corrected chi connectivity index (χ1v) is 8.31. The Morgan fingerprint density at radius 2 is 2.32 bits per heavy atom. The molecule has 0 aromatic heterocycles. The molecule has 0 radical (unpaired) electrons. The van der Waals surface area contributed by atoms with Gasteiger partial charge in [0.25, 0.3) is 0 Å².